The van der Waals surface area contributed by atoms with Crippen LogP contribution in [0.4, 0.5) is 0 Å². The van der Waals surface area contributed by atoms with Gasteiger partial charge in [-0.15, -0.1) is 0 Å². The third-order valence-corrected chi connectivity index (χ3v) is 11.3. The molecule has 0 bridgehead atoms. The number of likely N-dealkylation sites (N-methyl/N-ethyl adjacent to an activating group) is 1. The summed E-state index contributed by atoms with van der Waals surface area (Å²) in [4.78, 5) is 22.9. The molecule has 8 nitrogen and oxygen atoms in total. The van der Waals surface area contributed by atoms with E-state index in [-0.39, 0.29) is 25.8 Å². The Bertz CT molecular complexity index is 1080. The second-order valence-electron chi connectivity index (χ2n) is 17.5. The van der Waals surface area contributed by atoms with Crippen molar-refractivity contribution in [3.63, 3.8) is 0 Å². The van der Waals surface area contributed by atoms with Gasteiger partial charge in [0.15, 0.2) is 0 Å². The lowest BCUT2D eigenvalue weighted by Gasteiger charge is -2.24. The number of phosphoric acid groups is 1. The van der Waals surface area contributed by atoms with Gasteiger partial charge in [0.25, 0.3) is 0 Å². The molecule has 0 rings (SSSR count). The van der Waals surface area contributed by atoms with Crippen LogP contribution in [-0.2, 0) is 27.9 Å². The van der Waals surface area contributed by atoms with E-state index >= 15 is 0 Å². The predicted octanol–water partition coefficient (Wildman–Crippen LogP) is 14.7. The summed E-state index contributed by atoms with van der Waals surface area (Å²) < 4.78 is 35.0. The van der Waals surface area contributed by atoms with Crippen molar-refractivity contribution in [1.29, 1.82) is 0 Å². The van der Waals surface area contributed by atoms with E-state index in [4.69, 9.17) is 18.5 Å². The Labute approximate surface area is 365 Å². The smallest absolute Gasteiger partial charge is 0.457 e. The van der Waals surface area contributed by atoms with E-state index in [0.717, 1.165) is 57.8 Å². The molecule has 0 saturated carbocycles. The van der Waals surface area contributed by atoms with E-state index in [2.05, 4.69) is 62.5 Å². The molecular formula is C50H95NO7P+. The molecule has 2 unspecified atom stereocenters. The van der Waals surface area contributed by atoms with E-state index < -0.39 is 13.9 Å². The maximum absolute atomic E-state index is 12.7. The molecule has 0 saturated heterocycles. The molecule has 2 atom stereocenters. The fourth-order valence-corrected chi connectivity index (χ4v) is 7.28. The maximum atomic E-state index is 12.7. The van der Waals surface area contributed by atoms with Gasteiger partial charge in [-0.3, -0.25) is 13.8 Å². The van der Waals surface area contributed by atoms with Crippen molar-refractivity contribution in [1.82, 2.24) is 0 Å². The van der Waals surface area contributed by atoms with Gasteiger partial charge in [0.1, 0.15) is 19.3 Å². The first-order valence-corrected chi connectivity index (χ1v) is 25.9. The third-order valence-electron chi connectivity index (χ3n) is 10.4. The highest BCUT2D eigenvalue weighted by molar-refractivity contribution is 7.47. The standard InChI is InChI=1S/C50H94NO7P/c1-6-8-10-12-14-16-18-19-20-21-22-23-24-25-26-27-28-29-30-31-32-34-36-38-40-42-45-55-47-49(48-57-59(53,54)56-46-44-51(3,4)5)58-50(52)43-41-39-37-35-33-17-15-13-11-9-7-2/h13,15,18-19,21-22,24-25,49H,6-12,14,16-17,20,23,26-48H2,1-5H3/p+1/b15-13-,19-18-,22-21-,25-24-. The minimum atomic E-state index is -4.28. The summed E-state index contributed by atoms with van der Waals surface area (Å²) in [5, 5.41) is 0. The first-order chi connectivity index (χ1) is 28.6. The van der Waals surface area contributed by atoms with Crippen LogP contribution >= 0.6 is 7.82 Å². The number of rotatable bonds is 45. The number of nitrogens with zero attached hydrogens (tertiary/aromatic N) is 1. The van der Waals surface area contributed by atoms with Crippen molar-refractivity contribution in [2.45, 2.75) is 213 Å². The number of carbonyl (C=O) groups excluding carboxylic acids is 1. The number of esters is 1. The molecule has 0 aliphatic heterocycles. The van der Waals surface area contributed by atoms with Gasteiger partial charge < -0.3 is 18.9 Å². The second kappa shape index (κ2) is 43.1. The fourth-order valence-electron chi connectivity index (χ4n) is 6.54. The number of phosphoric ester groups is 1. The summed E-state index contributed by atoms with van der Waals surface area (Å²) in [6.07, 6.45) is 53.0. The minimum absolute atomic E-state index is 0.0855. The summed E-state index contributed by atoms with van der Waals surface area (Å²) in [5.74, 6) is -0.326. The van der Waals surface area contributed by atoms with Crippen LogP contribution in [0.25, 0.3) is 0 Å². The topological polar surface area (TPSA) is 91.3 Å². The van der Waals surface area contributed by atoms with Crippen LogP contribution in [0.1, 0.15) is 206 Å². The van der Waals surface area contributed by atoms with Gasteiger partial charge in [0, 0.05) is 13.0 Å². The van der Waals surface area contributed by atoms with Crippen LogP contribution in [0.5, 0.6) is 0 Å². The van der Waals surface area contributed by atoms with Gasteiger partial charge in [-0.05, 0) is 70.6 Å². The largest absolute Gasteiger partial charge is 0.472 e. The molecule has 0 fully saturated rings. The van der Waals surface area contributed by atoms with Crippen LogP contribution in [-0.4, -0.2) is 75.6 Å². The number of quaternary nitrogens is 1. The van der Waals surface area contributed by atoms with Crippen LogP contribution < -0.4 is 0 Å². The van der Waals surface area contributed by atoms with Gasteiger partial charge in [0.2, 0.25) is 0 Å². The molecular weight excluding hydrogens is 758 g/mol. The van der Waals surface area contributed by atoms with Crippen LogP contribution in [0.15, 0.2) is 48.6 Å². The Morgan fingerprint density at radius 3 is 1.46 bits per heavy atom. The summed E-state index contributed by atoms with van der Waals surface area (Å²) in [6, 6.07) is 0. The summed E-state index contributed by atoms with van der Waals surface area (Å²) in [7, 11) is 1.66. The average molecular weight is 853 g/mol. The molecule has 59 heavy (non-hydrogen) atoms. The molecule has 0 aromatic rings. The Kier molecular flexibility index (Phi) is 42.0. The van der Waals surface area contributed by atoms with Crippen LogP contribution in [0.3, 0.4) is 0 Å². The van der Waals surface area contributed by atoms with E-state index in [9.17, 15) is 14.3 Å². The second-order valence-corrected chi connectivity index (χ2v) is 18.9. The molecule has 9 heteroatoms. The van der Waals surface area contributed by atoms with Crippen molar-refractivity contribution < 1.29 is 37.3 Å². The lowest BCUT2D eigenvalue weighted by molar-refractivity contribution is -0.870. The number of ether oxygens (including phenoxy) is 2. The van der Waals surface area contributed by atoms with E-state index in [1.807, 2.05) is 21.1 Å². The van der Waals surface area contributed by atoms with E-state index in [1.54, 1.807) is 0 Å². The highest BCUT2D eigenvalue weighted by atomic mass is 31.2. The first kappa shape index (κ1) is 57.5. The van der Waals surface area contributed by atoms with E-state index in [1.165, 1.54) is 128 Å². The molecule has 0 aromatic heterocycles. The number of unbranched alkanes of at least 4 members (excludes halogenated alkanes) is 23. The predicted molar refractivity (Wildman–Crippen MR) is 252 cm³/mol. The first-order valence-electron chi connectivity index (χ1n) is 24.4. The quantitative estimate of drug-likeness (QED) is 0.0214. The van der Waals surface area contributed by atoms with Gasteiger partial charge >= 0.3 is 13.8 Å². The van der Waals surface area contributed by atoms with Gasteiger partial charge in [0.05, 0.1) is 34.4 Å². The molecule has 0 aromatic carbocycles. The molecule has 0 aliphatic rings. The van der Waals surface area contributed by atoms with Crippen molar-refractivity contribution in [3.8, 4) is 0 Å². The van der Waals surface area contributed by atoms with Crippen molar-refractivity contribution in [2.75, 3.05) is 54.1 Å². The SMILES string of the molecule is CCCC/C=C\CCCCCCCC(=O)OC(COCCCCCCCCCCCCC/C=C\C/C=C\C/C=C\CCCCCCC)COP(=O)(O)OCC[N+](C)(C)C. The minimum Gasteiger partial charge on any atom is -0.457 e. The number of hydrogen-bond acceptors (Lipinski definition) is 6. The molecule has 346 valence electrons. The molecule has 0 amide bonds. The molecule has 0 heterocycles. The summed E-state index contributed by atoms with van der Waals surface area (Å²) in [6.45, 7) is 5.56. The number of hydrogen-bond donors (Lipinski definition) is 1. The zero-order valence-corrected chi connectivity index (χ0v) is 40.1. The Hall–Kier alpha value is -1.54. The zero-order valence-electron chi connectivity index (χ0n) is 39.2. The molecule has 0 aliphatic carbocycles. The van der Waals surface area contributed by atoms with Crippen LogP contribution in [0, 0.1) is 0 Å². The normalized spacial score (nSPS) is 14.1. The fraction of sp³-hybridized carbons (Fsp3) is 0.820. The van der Waals surface area contributed by atoms with E-state index in [0.29, 0.717) is 24.1 Å². The van der Waals surface area contributed by atoms with Crippen molar-refractivity contribution >= 4 is 13.8 Å². The monoisotopic (exact) mass is 853 g/mol. The van der Waals surface area contributed by atoms with Crippen molar-refractivity contribution in [3.05, 3.63) is 48.6 Å². The highest BCUT2D eigenvalue weighted by Gasteiger charge is 2.26. The molecule has 1 N–H and O–H groups in total. The maximum Gasteiger partial charge on any atom is 0.472 e. The zero-order chi connectivity index (χ0) is 43.4. The molecule has 0 spiro atoms. The van der Waals surface area contributed by atoms with Crippen molar-refractivity contribution in [2.24, 2.45) is 0 Å². The number of carbonyl (C=O) groups is 1. The number of allylic oxidation sites excluding steroid dienone is 8. The van der Waals surface area contributed by atoms with Gasteiger partial charge in [-0.25, -0.2) is 4.57 Å². The van der Waals surface area contributed by atoms with Gasteiger partial charge in [-0.1, -0.05) is 178 Å². The lowest BCUT2D eigenvalue weighted by Crippen LogP contribution is -2.37. The average Bonchev–Trinajstić information content (AvgIpc) is 3.19. The van der Waals surface area contributed by atoms with Crippen LogP contribution in [0.2, 0.25) is 0 Å². The van der Waals surface area contributed by atoms with Gasteiger partial charge in [-0.2, -0.15) is 0 Å². The Morgan fingerprint density at radius 1 is 0.525 bits per heavy atom. The Balaban J connectivity index is 4.06. The highest BCUT2D eigenvalue weighted by Crippen LogP contribution is 2.43. The molecule has 0 radical (unpaired) electrons. The third kappa shape index (κ3) is 47.4. The Morgan fingerprint density at radius 2 is 0.949 bits per heavy atom. The summed E-state index contributed by atoms with van der Waals surface area (Å²) in [5.41, 5.74) is 0. The lowest BCUT2D eigenvalue weighted by atomic mass is 10.1. The summed E-state index contributed by atoms with van der Waals surface area (Å²) >= 11 is 0.